The van der Waals surface area contributed by atoms with Crippen molar-refractivity contribution < 1.29 is 9.90 Å². The molecule has 0 atom stereocenters. The van der Waals surface area contributed by atoms with Crippen LogP contribution in [0.5, 0.6) is 0 Å². The maximum Gasteiger partial charge on any atom is 0.253 e. The first kappa shape index (κ1) is 28.5. The van der Waals surface area contributed by atoms with Crippen LogP contribution in [-0.2, 0) is 17.4 Å². The van der Waals surface area contributed by atoms with Crippen LogP contribution in [0.4, 0.5) is 0 Å². The van der Waals surface area contributed by atoms with Crippen LogP contribution < -0.4 is 5.32 Å². The van der Waals surface area contributed by atoms with E-state index >= 15 is 0 Å². The summed E-state index contributed by atoms with van der Waals surface area (Å²) in [6, 6.07) is 6.84. The molecule has 4 heteroatoms. The highest BCUT2D eigenvalue weighted by Gasteiger charge is 2.28. The van der Waals surface area contributed by atoms with Crippen LogP contribution in [0.25, 0.3) is 11.3 Å². The van der Waals surface area contributed by atoms with E-state index in [4.69, 9.17) is 0 Å². The minimum absolute atomic E-state index is 0.0167. The predicted molar refractivity (Wildman–Crippen MR) is 152 cm³/mol. The number of amides is 1. The molecule has 0 unspecified atom stereocenters. The van der Waals surface area contributed by atoms with Crippen molar-refractivity contribution >= 4 is 5.91 Å². The molecule has 1 amide bonds. The second-order valence-corrected chi connectivity index (χ2v) is 13.8. The molecule has 0 bridgehead atoms. The number of carbonyl (C=O) groups is 1. The average Bonchev–Trinajstić information content (AvgIpc) is 3.07. The molecule has 2 N–H and O–H groups in total. The molecular formula is C32H50N2O2. The van der Waals surface area contributed by atoms with Crippen LogP contribution in [-0.4, -0.2) is 27.7 Å². The van der Waals surface area contributed by atoms with Crippen LogP contribution in [0.15, 0.2) is 18.2 Å². The Morgan fingerprint density at radius 2 is 1.56 bits per heavy atom. The van der Waals surface area contributed by atoms with E-state index in [0.717, 1.165) is 17.9 Å². The second kappa shape index (κ2) is 10.4. The van der Waals surface area contributed by atoms with E-state index in [-0.39, 0.29) is 23.3 Å². The van der Waals surface area contributed by atoms with E-state index in [1.54, 1.807) is 13.8 Å². The highest BCUT2D eigenvalue weighted by Crippen LogP contribution is 2.39. The van der Waals surface area contributed by atoms with E-state index in [1.165, 1.54) is 54.4 Å². The van der Waals surface area contributed by atoms with E-state index in [9.17, 15) is 9.90 Å². The van der Waals surface area contributed by atoms with Gasteiger partial charge in [0.2, 0.25) is 0 Å². The van der Waals surface area contributed by atoms with Crippen LogP contribution in [0.3, 0.4) is 0 Å². The summed E-state index contributed by atoms with van der Waals surface area (Å²) in [7, 11) is 0. The van der Waals surface area contributed by atoms with Crippen LogP contribution in [0, 0.1) is 19.8 Å². The number of hydrogen-bond donors (Lipinski definition) is 2. The molecule has 4 nitrogen and oxygen atoms in total. The van der Waals surface area contributed by atoms with Crippen LogP contribution >= 0.6 is 0 Å². The molecule has 2 aromatic rings. The zero-order valence-corrected chi connectivity index (χ0v) is 24.6. The first-order valence-electron chi connectivity index (χ1n) is 13.9. The third-order valence-electron chi connectivity index (χ3n) is 7.82. The normalized spacial score (nSPS) is 15.9. The average molecular weight is 495 g/mol. The molecule has 1 fully saturated rings. The number of benzene rings is 1. The van der Waals surface area contributed by atoms with Gasteiger partial charge < -0.3 is 15.0 Å². The lowest BCUT2D eigenvalue weighted by molar-refractivity contribution is 0.0694. The van der Waals surface area contributed by atoms with Gasteiger partial charge in [-0.1, -0.05) is 66.9 Å². The fourth-order valence-corrected chi connectivity index (χ4v) is 5.55. The largest absolute Gasteiger partial charge is 0.389 e. The van der Waals surface area contributed by atoms with Gasteiger partial charge in [-0.3, -0.25) is 4.79 Å². The Hall–Kier alpha value is -2.07. The van der Waals surface area contributed by atoms with Gasteiger partial charge in [0, 0.05) is 30.0 Å². The smallest absolute Gasteiger partial charge is 0.253 e. The Bertz CT molecular complexity index is 1080. The molecule has 1 aliphatic carbocycles. The Labute approximate surface area is 219 Å². The summed E-state index contributed by atoms with van der Waals surface area (Å²) in [5.41, 5.74) is 7.16. The predicted octanol–water partition coefficient (Wildman–Crippen LogP) is 7.45. The van der Waals surface area contributed by atoms with Gasteiger partial charge in [0.25, 0.3) is 5.91 Å². The van der Waals surface area contributed by atoms with Crippen molar-refractivity contribution in [3.05, 3.63) is 46.1 Å². The van der Waals surface area contributed by atoms with Crippen molar-refractivity contribution in [1.29, 1.82) is 0 Å². The van der Waals surface area contributed by atoms with Crippen molar-refractivity contribution in [1.82, 2.24) is 9.88 Å². The van der Waals surface area contributed by atoms with Gasteiger partial charge in [0.05, 0.1) is 11.2 Å². The standard InChI is InChI=1S/C32H50N2O2/c1-21-25(16-24(30(3,4)5)17-27(21)31(6,7)8)28-18-26(29(35)33-20-32(9,10)36)22(2)34(28)19-23-14-12-11-13-15-23/h16-18,23,36H,11-15,19-20H2,1-10H3,(H,33,35). The number of nitrogens with zero attached hydrogens (tertiary/aromatic N) is 1. The highest BCUT2D eigenvalue weighted by atomic mass is 16.3. The zero-order valence-electron chi connectivity index (χ0n) is 24.6. The van der Waals surface area contributed by atoms with Gasteiger partial charge in [-0.15, -0.1) is 0 Å². The molecule has 0 spiro atoms. The summed E-state index contributed by atoms with van der Waals surface area (Å²) in [4.78, 5) is 13.3. The number of nitrogens with one attached hydrogen (secondary N) is 1. The Kier molecular flexibility index (Phi) is 8.20. The molecule has 0 saturated heterocycles. The van der Waals surface area contributed by atoms with E-state index in [0.29, 0.717) is 11.5 Å². The Morgan fingerprint density at radius 1 is 0.944 bits per heavy atom. The van der Waals surface area contributed by atoms with Gasteiger partial charge in [-0.2, -0.15) is 0 Å². The summed E-state index contributed by atoms with van der Waals surface area (Å²) < 4.78 is 2.41. The lowest BCUT2D eigenvalue weighted by Gasteiger charge is -2.30. The maximum atomic E-state index is 13.3. The van der Waals surface area contributed by atoms with E-state index in [1.807, 2.05) is 0 Å². The molecule has 0 aliphatic heterocycles. The van der Waals surface area contributed by atoms with Gasteiger partial charge in [0.1, 0.15) is 0 Å². The molecule has 3 rings (SSSR count). The summed E-state index contributed by atoms with van der Waals surface area (Å²) in [6.07, 6.45) is 6.44. The minimum atomic E-state index is -0.948. The quantitative estimate of drug-likeness (QED) is 0.438. The first-order valence-corrected chi connectivity index (χ1v) is 13.9. The molecule has 1 saturated carbocycles. The molecule has 1 heterocycles. The summed E-state index contributed by atoms with van der Waals surface area (Å²) >= 11 is 0. The third kappa shape index (κ3) is 6.62. The summed E-state index contributed by atoms with van der Waals surface area (Å²) in [6.45, 7) is 22.6. The van der Waals surface area contributed by atoms with Crippen molar-refractivity contribution in [2.75, 3.05) is 6.54 Å². The summed E-state index contributed by atoms with van der Waals surface area (Å²) in [5.74, 6) is 0.531. The molecule has 1 aliphatic rings. The van der Waals surface area contributed by atoms with Gasteiger partial charge in [-0.25, -0.2) is 0 Å². The van der Waals surface area contributed by atoms with Gasteiger partial charge in [0.15, 0.2) is 0 Å². The fourth-order valence-electron chi connectivity index (χ4n) is 5.55. The number of aliphatic hydroxyl groups is 1. The Balaban J connectivity index is 2.21. The number of hydrogen-bond acceptors (Lipinski definition) is 2. The molecule has 0 radical (unpaired) electrons. The van der Waals surface area contributed by atoms with E-state index < -0.39 is 5.60 Å². The Morgan fingerprint density at radius 3 is 2.08 bits per heavy atom. The zero-order chi connectivity index (χ0) is 27.1. The number of aromatic nitrogens is 1. The lowest BCUT2D eigenvalue weighted by atomic mass is 9.76. The third-order valence-corrected chi connectivity index (χ3v) is 7.82. The van der Waals surface area contributed by atoms with Crippen molar-refractivity contribution in [2.24, 2.45) is 5.92 Å². The number of carbonyl (C=O) groups excluding carboxylic acids is 1. The van der Waals surface area contributed by atoms with E-state index in [2.05, 4.69) is 83.5 Å². The molecule has 1 aromatic carbocycles. The first-order chi connectivity index (χ1) is 16.5. The SMILES string of the molecule is Cc1c(-c2cc(C(=O)NCC(C)(C)O)c(C)n2CC2CCCCC2)cc(C(C)(C)C)cc1C(C)(C)C. The monoisotopic (exact) mass is 494 g/mol. The van der Waals surface area contributed by atoms with Gasteiger partial charge >= 0.3 is 0 Å². The fraction of sp³-hybridized carbons (Fsp3) is 0.656. The number of rotatable bonds is 6. The second-order valence-electron chi connectivity index (χ2n) is 13.8. The van der Waals surface area contributed by atoms with Crippen molar-refractivity contribution in [3.63, 3.8) is 0 Å². The minimum Gasteiger partial charge on any atom is -0.389 e. The van der Waals surface area contributed by atoms with Crippen molar-refractivity contribution in [3.8, 4) is 11.3 Å². The summed E-state index contributed by atoms with van der Waals surface area (Å²) in [5, 5.41) is 13.1. The van der Waals surface area contributed by atoms with Crippen LogP contribution in [0.1, 0.15) is 120 Å². The van der Waals surface area contributed by atoms with Crippen LogP contribution in [0.2, 0.25) is 0 Å². The maximum absolute atomic E-state index is 13.3. The van der Waals surface area contributed by atoms with Crippen molar-refractivity contribution in [2.45, 2.75) is 124 Å². The lowest BCUT2D eigenvalue weighted by Crippen LogP contribution is -2.38. The molecule has 1 aromatic heterocycles. The van der Waals surface area contributed by atoms with Gasteiger partial charge in [-0.05, 0) is 86.1 Å². The highest BCUT2D eigenvalue weighted by molar-refractivity contribution is 5.97. The topological polar surface area (TPSA) is 54.3 Å². The molecular weight excluding hydrogens is 444 g/mol. The molecule has 200 valence electrons. The molecule has 36 heavy (non-hydrogen) atoms.